The van der Waals surface area contributed by atoms with E-state index in [0.29, 0.717) is 19.3 Å². The van der Waals surface area contributed by atoms with Gasteiger partial charge in [-0.2, -0.15) is 0 Å². The Hall–Kier alpha value is -2.69. The first-order valence-corrected chi connectivity index (χ1v) is 9.10. The third-order valence-electron chi connectivity index (χ3n) is 4.31. The monoisotopic (exact) mass is 400 g/mol. The topological polar surface area (TPSA) is 179 Å². The van der Waals surface area contributed by atoms with Crippen LogP contribution < -0.4 is 16.4 Å². The molecule has 1 aliphatic rings. The van der Waals surface area contributed by atoms with E-state index in [1.165, 1.54) is 4.90 Å². The van der Waals surface area contributed by atoms with Crippen LogP contribution in [-0.2, 0) is 24.0 Å². The average molecular weight is 400 g/mol. The number of likely N-dealkylation sites (tertiary alicyclic amines) is 1. The van der Waals surface area contributed by atoms with Gasteiger partial charge in [0.25, 0.3) is 0 Å². The van der Waals surface area contributed by atoms with Gasteiger partial charge in [0.2, 0.25) is 17.7 Å². The minimum Gasteiger partial charge on any atom is -0.481 e. The average Bonchev–Trinajstić information content (AvgIpc) is 3.06. The number of nitrogens with one attached hydrogen (secondary N) is 2. The molecule has 158 valence electrons. The highest BCUT2D eigenvalue weighted by Gasteiger charge is 2.38. The van der Waals surface area contributed by atoms with Crippen molar-refractivity contribution in [1.29, 1.82) is 0 Å². The van der Waals surface area contributed by atoms with E-state index < -0.39 is 60.8 Å². The summed E-state index contributed by atoms with van der Waals surface area (Å²) < 4.78 is 0. The Morgan fingerprint density at radius 2 is 1.79 bits per heavy atom. The van der Waals surface area contributed by atoms with E-state index >= 15 is 0 Å². The van der Waals surface area contributed by atoms with E-state index in [-0.39, 0.29) is 12.5 Å². The van der Waals surface area contributed by atoms with Crippen molar-refractivity contribution in [2.75, 3.05) is 13.1 Å². The van der Waals surface area contributed by atoms with Gasteiger partial charge in [0.05, 0.1) is 12.5 Å². The second-order valence-corrected chi connectivity index (χ2v) is 7.20. The lowest BCUT2D eigenvalue weighted by Crippen LogP contribution is -2.56. The molecule has 3 amide bonds. The second-order valence-electron chi connectivity index (χ2n) is 7.20. The third-order valence-corrected chi connectivity index (χ3v) is 4.31. The molecule has 6 N–H and O–H groups in total. The Bertz CT molecular complexity index is 623. The standard InChI is InChI=1S/C17H28N4O7/c1-9(2)6-10(18)15(26)20-11(7-13(22)23)17(28)21-5-3-4-12(21)16(27)19-8-14(24)25/h9-12H,3-8,18H2,1-2H3,(H,19,27)(H,20,26)(H,22,23)(H,24,25). The van der Waals surface area contributed by atoms with E-state index in [1.54, 1.807) is 0 Å². The lowest BCUT2D eigenvalue weighted by Gasteiger charge is -2.28. The van der Waals surface area contributed by atoms with Crippen LogP contribution in [0.1, 0.15) is 39.5 Å². The number of hydrogen-bond acceptors (Lipinski definition) is 6. The summed E-state index contributed by atoms with van der Waals surface area (Å²) in [5.74, 6) is -4.36. The molecule has 28 heavy (non-hydrogen) atoms. The van der Waals surface area contributed by atoms with E-state index in [4.69, 9.17) is 15.9 Å². The first-order valence-electron chi connectivity index (χ1n) is 9.10. The van der Waals surface area contributed by atoms with Crippen LogP contribution in [0.4, 0.5) is 0 Å². The zero-order chi connectivity index (χ0) is 21.4. The van der Waals surface area contributed by atoms with Gasteiger partial charge in [-0.3, -0.25) is 24.0 Å². The molecule has 1 saturated heterocycles. The molecular weight excluding hydrogens is 372 g/mol. The summed E-state index contributed by atoms with van der Waals surface area (Å²) >= 11 is 0. The fraction of sp³-hybridized carbons (Fsp3) is 0.706. The van der Waals surface area contributed by atoms with E-state index in [9.17, 15) is 24.0 Å². The quantitative estimate of drug-likeness (QED) is 0.294. The molecule has 0 radical (unpaired) electrons. The Morgan fingerprint density at radius 3 is 2.32 bits per heavy atom. The number of carboxylic acids is 2. The van der Waals surface area contributed by atoms with Crippen LogP contribution in [0, 0.1) is 5.92 Å². The smallest absolute Gasteiger partial charge is 0.322 e. The van der Waals surface area contributed by atoms with Crippen LogP contribution in [0.5, 0.6) is 0 Å². The van der Waals surface area contributed by atoms with Crippen LogP contribution in [0.3, 0.4) is 0 Å². The van der Waals surface area contributed by atoms with Gasteiger partial charge in [0.15, 0.2) is 0 Å². The van der Waals surface area contributed by atoms with Gasteiger partial charge in [-0.25, -0.2) is 0 Å². The van der Waals surface area contributed by atoms with Gasteiger partial charge in [0.1, 0.15) is 18.6 Å². The maximum absolute atomic E-state index is 12.8. The summed E-state index contributed by atoms with van der Waals surface area (Å²) in [7, 11) is 0. The maximum atomic E-state index is 12.8. The number of carboxylic acid groups (broad SMARTS) is 2. The highest BCUT2D eigenvalue weighted by atomic mass is 16.4. The maximum Gasteiger partial charge on any atom is 0.322 e. The zero-order valence-corrected chi connectivity index (χ0v) is 16.0. The molecule has 1 fully saturated rings. The molecule has 1 heterocycles. The highest BCUT2D eigenvalue weighted by molar-refractivity contribution is 5.95. The Kier molecular flexibility index (Phi) is 8.83. The molecule has 3 atom stereocenters. The summed E-state index contributed by atoms with van der Waals surface area (Å²) in [6, 6.07) is -3.17. The molecule has 0 saturated carbocycles. The van der Waals surface area contributed by atoms with Gasteiger partial charge in [0, 0.05) is 6.54 Å². The van der Waals surface area contributed by atoms with Crippen molar-refractivity contribution in [2.45, 2.75) is 57.7 Å². The zero-order valence-electron chi connectivity index (χ0n) is 16.0. The first-order chi connectivity index (χ1) is 13.0. The number of nitrogens with zero attached hydrogens (tertiary/aromatic N) is 1. The third kappa shape index (κ3) is 7.14. The molecule has 0 aromatic heterocycles. The molecule has 0 aromatic carbocycles. The Morgan fingerprint density at radius 1 is 1.14 bits per heavy atom. The summed E-state index contributed by atoms with van der Waals surface area (Å²) in [6.45, 7) is 3.36. The number of nitrogens with two attached hydrogens (primary N) is 1. The van der Waals surface area contributed by atoms with Crippen LogP contribution >= 0.6 is 0 Å². The van der Waals surface area contributed by atoms with Crippen molar-refractivity contribution in [3.8, 4) is 0 Å². The van der Waals surface area contributed by atoms with Crippen LogP contribution in [0.2, 0.25) is 0 Å². The second kappa shape index (κ2) is 10.6. The van der Waals surface area contributed by atoms with Gasteiger partial charge in [-0.15, -0.1) is 0 Å². The number of aliphatic carboxylic acids is 2. The molecule has 1 rings (SSSR count). The molecular formula is C17H28N4O7. The lowest BCUT2D eigenvalue weighted by molar-refractivity contribution is -0.146. The molecule has 0 bridgehead atoms. The van der Waals surface area contributed by atoms with Gasteiger partial charge >= 0.3 is 11.9 Å². The predicted octanol–water partition coefficient (Wildman–Crippen LogP) is -1.49. The summed E-state index contributed by atoms with van der Waals surface area (Å²) in [5.41, 5.74) is 5.79. The molecule has 0 aromatic rings. The van der Waals surface area contributed by atoms with Gasteiger partial charge < -0.3 is 31.5 Å². The summed E-state index contributed by atoms with van der Waals surface area (Å²) in [6.07, 6.45) is 0.526. The molecule has 1 aliphatic heterocycles. The van der Waals surface area contributed by atoms with E-state index in [1.807, 2.05) is 13.8 Å². The van der Waals surface area contributed by atoms with Gasteiger partial charge in [-0.05, 0) is 25.2 Å². The number of carbonyl (C=O) groups is 5. The normalized spacial score (nSPS) is 18.4. The fourth-order valence-corrected chi connectivity index (χ4v) is 3.05. The van der Waals surface area contributed by atoms with Crippen LogP contribution in [0.25, 0.3) is 0 Å². The minimum absolute atomic E-state index is 0.135. The van der Waals surface area contributed by atoms with Crippen molar-refractivity contribution in [2.24, 2.45) is 11.7 Å². The summed E-state index contributed by atoms with van der Waals surface area (Å²) in [4.78, 5) is 60.2. The lowest BCUT2D eigenvalue weighted by atomic mass is 10.0. The van der Waals surface area contributed by atoms with Crippen molar-refractivity contribution >= 4 is 29.7 Å². The first kappa shape index (κ1) is 23.3. The molecule has 0 spiro atoms. The highest BCUT2D eigenvalue weighted by Crippen LogP contribution is 2.19. The summed E-state index contributed by atoms with van der Waals surface area (Å²) in [5, 5.41) is 22.3. The van der Waals surface area contributed by atoms with Crippen LogP contribution in [-0.4, -0.2) is 76.0 Å². The largest absolute Gasteiger partial charge is 0.481 e. The van der Waals surface area contributed by atoms with Crippen LogP contribution in [0.15, 0.2) is 0 Å². The molecule has 11 heteroatoms. The van der Waals surface area contributed by atoms with Crippen molar-refractivity contribution in [3.63, 3.8) is 0 Å². The van der Waals surface area contributed by atoms with Crippen molar-refractivity contribution < 1.29 is 34.2 Å². The minimum atomic E-state index is -1.36. The van der Waals surface area contributed by atoms with E-state index in [2.05, 4.69) is 10.6 Å². The van der Waals surface area contributed by atoms with E-state index in [0.717, 1.165) is 0 Å². The Labute approximate surface area is 162 Å². The number of rotatable bonds is 10. The molecule has 11 nitrogen and oxygen atoms in total. The Balaban J connectivity index is 2.87. The predicted molar refractivity (Wildman–Crippen MR) is 97.0 cm³/mol. The number of carbonyl (C=O) groups excluding carboxylic acids is 3. The van der Waals surface area contributed by atoms with Gasteiger partial charge in [-0.1, -0.05) is 13.8 Å². The van der Waals surface area contributed by atoms with Crippen molar-refractivity contribution in [3.05, 3.63) is 0 Å². The number of hydrogen-bond donors (Lipinski definition) is 5. The molecule has 3 unspecified atom stereocenters. The van der Waals surface area contributed by atoms with Crippen molar-refractivity contribution in [1.82, 2.24) is 15.5 Å². The number of amides is 3. The molecule has 0 aliphatic carbocycles. The fourth-order valence-electron chi connectivity index (χ4n) is 3.05. The SMILES string of the molecule is CC(C)CC(N)C(=O)NC(CC(=O)O)C(=O)N1CCCC1C(=O)NCC(=O)O.